The molecular weight excluding hydrogens is 280 g/mol. The summed E-state index contributed by atoms with van der Waals surface area (Å²) in [4.78, 5) is 16.2. The fourth-order valence-corrected chi connectivity index (χ4v) is 2.29. The number of hydrogen-bond donors (Lipinski definition) is 3. The summed E-state index contributed by atoms with van der Waals surface area (Å²) >= 11 is 5.99. The Morgan fingerprint density at radius 1 is 1.50 bits per heavy atom. The van der Waals surface area contributed by atoms with E-state index in [9.17, 15) is 4.79 Å². The first-order chi connectivity index (χ1) is 9.54. The number of amides is 1. The minimum atomic E-state index is -0.292. The summed E-state index contributed by atoms with van der Waals surface area (Å²) in [5.74, 6) is 5.39. The van der Waals surface area contributed by atoms with Crippen LogP contribution in [0.5, 0.6) is 0 Å². The van der Waals surface area contributed by atoms with Gasteiger partial charge in [0.1, 0.15) is 11.5 Å². The molecule has 7 heteroatoms. The predicted molar refractivity (Wildman–Crippen MR) is 77.6 cm³/mol. The number of carbonyl (C=O) groups excluding carboxylic acids is 1. The molecule has 1 amide bonds. The summed E-state index contributed by atoms with van der Waals surface area (Å²) < 4.78 is 5.34. The van der Waals surface area contributed by atoms with Gasteiger partial charge in [0, 0.05) is 19.8 Å². The zero-order valence-corrected chi connectivity index (χ0v) is 12.2. The lowest BCUT2D eigenvalue weighted by molar-refractivity contribution is 0.0238. The Balaban J connectivity index is 2.01. The molecule has 20 heavy (non-hydrogen) atoms. The van der Waals surface area contributed by atoms with Crippen molar-refractivity contribution in [2.75, 3.05) is 25.2 Å². The first-order valence-corrected chi connectivity index (χ1v) is 6.91. The zero-order chi connectivity index (χ0) is 14.6. The van der Waals surface area contributed by atoms with E-state index in [2.05, 4.69) is 22.7 Å². The van der Waals surface area contributed by atoms with Crippen LogP contribution >= 0.6 is 11.6 Å². The maximum absolute atomic E-state index is 12.2. The normalized spacial score (nSPS) is 17.6. The lowest BCUT2D eigenvalue weighted by Gasteiger charge is -2.33. The van der Waals surface area contributed by atoms with Gasteiger partial charge in [0.2, 0.25) is 0 Å². The number of carbonyl (C=O) groups is 1. The van der Waals surface area contributed by atoms with Gasteiger partial charge >= 0.3 is 0 Å². The molecule has 6 nitrogen and oxygen atoms in total. The van der Waals surface area contributed by atoms with Gasteiger partial charge < -0.3 is 15.5 Å². The largest absolute Gasteiger partial charge is 0.381 e. The Morgan fingerprint density at radius 2 is 2.20 bits per heavy atom. The second kappa shape index (κ2) is 6.39. The van der Waals surface area contributed by atoms with Crippen LogP contribution < -0.4 is 16.6 Å². The molecule has 0 bridgehead atoms. The fourth-order valence-electron chi connectivity index (χ4n) is 2.10. The third kappa shape index (κ3) is 3.59. The van der Waals surface area contributed by atoms with Gasteiger partial charge in [-0.2, -0.15) is 0 Å². The Bertz CT molecular complexity index is 489. The van der Waals surface area contributed by atoms with Crippen molar-refractivity contribution in [2.45, 2.75) is 19.8 Å². The van der Waals surface area contributed by atoms with E-state index in [0.29, 0.717) is 17.4 Å². The summed E-state index contributed by atoms with van der Waals surface area (Å²) in [5.41, 5.74) is 2.63. The van der Waals surface area contributed by atoms with Crippen molar-refractivity contribution in [1.82, 2.24) is 10.3 Å². The van der Waals surface area contributed by atoms with E-state index < -0.39 is 0 Å². The van der Waals surface area contributed by atoms with Gasteiger partial charge in [0.05, 0.1) is 5.02 Å². The van der Waals surface area contributed by atoms with E-state index in [1.54, 1.807) is 12.1 Å². The molecule has 2 rings (SSSR count). The van der Waals surface area contributed by atoms with Crippen LogP contribution in [-0.2, 0) is 4.74 Å². The van der Waals surface area contributed by atoms with Crippen LogP contribution in [0.15, 0.2) is 12.1 Å². The molecule has 0 radical (unpaired) electrons. The lowest BCUT2D eigenvalue weighted by atomic mass is 9.82. The van der Waals surface area contributed by atoms with Gasteiger partial charge in [-0.25, -0.2) is 10.8 Å². The number of nitrogens with zero attached hydrogens (tertiary/aromatic N) is 1. The summed E-state index contributed by atoms with van der Waals surface area (Å²) in [7, 11) is 0. The van der Waals surface area contributed by atoms with Crippen LogP contribution in [0.1, 0.15) is 30.3 Å². The van der Waals surface area contributed by atoms with Crippen molar-refractivity contribution in [1.29, 1.82) is 0 Å². The number of nitrogens with two attached hydrogens (primary N) is 1. The number of ether oxygens (including phenoxy) is 1. The van der Waals surface area contributed by atoms with Crippen molar-refractivity contribution in [3.05, 3.63) is 22.8 Å². The van der Waals surface area contributed by atoms with Crippen molar-refractivity contribution in [2.24, 2.45) is 11.3 Å². The molecule has 0 aromatic carbocycles. The van der Waals surface area contributed by atoms with Crippen molar-refractivity contribution >= 4 is 23.3 Å². The average Bonchev–Trinajstić information content (AvgIpc) is 2.46. The predicted octanol–water partition coefficient (Wildman–Crippen LogP) is 1.57. The van der Waals surface area contributed by atoms with Crippen LogP contribution in [0.2, 0.25) is 5.02 Å². The van der Waals surface area contributed by atoms with E-state index in [0.717, 1.165) is 26.1 Å². The third-order valence-corrected chi connectivity index (χ3v) is 3.89. The quantitative estimate of drug-likeness (QED) is 0.580. The smallest absolute Gasteiger partial charge is 0.271 e. The van der Waals surface area contributed by atoms with Gasteiger partial charge in [-0.3, -0.25) is 4.79 Å². The molecule has 1 aliphatic heterocycles. The topological polar surface area (TPSA) is 89.3 Å². The van der Waals surface area contributed by atoms with E-state index in [1.165, 1.54) is 0 Å². The standard InChI is InChI=1S/C13H19ClN4O2/c1-13(4-6-20-7-5-13)8-16-12(19)11-9(14)2-3-10(17-11)18-15/h2-3H,4-8,15H2,1H3,(H,16,19)(H,17,18). The number of hydrazine groups is 1. The molecule has 1 aromatic rings. The number of nitrogen functional groups attached to an aromatic ring is 1. The lowest BCUT2D eigenvalue weighted by Crippen LogP contribution is -2.39. The van der Waals surface area contributed by atoms with Crippen LogP contribution in [0, 0.1) is 5.41 Å². The third-order valence-electron chi connectivity index (χ3n) is 3.58. The van der Waals surface area contributed by atoms with Crippen LogP contribution in [-0.4, -0.2) is 30.6 Å². The summed E-state index contributed by atoms with van der Waals surface area (Å²) in [5, 5.41) is 3.20. The average molecular weight is 299 g/mol. The molecule has 4 N–H and O–H groups in total. The molecule has 1 saturated heterocycles. The number of nitrogens with one attached hydrogen (secondary N) is 2. The highest BCUT2D eigenvalue weighted by Crippen LogP contribution is 2.28. The molecular formula is C13H19ClN4O2. The Hall–Kier alpha value is -1.37. The number of rotatable bonds is 4. The maximum atomic E-state index is 12.2. The Kier molecular flexibility index (Phi) is 4.80. The van der Waals surface area contributed by atoms with Crippen molar-refractivity contribution in [3.8, 4) is 0 Å². The maximum Gasteiger partial charge on any atom is 0.271 e. The van der Waals surface area contributed by atoms with E-state index in [4.69, 9.17) is 22.2 Å². The van der Waals surface area contributed by atoms with Gasteiger partial charge in [-0.1, -0.05) is 18.5 Å². The number of halogens is 1. The second-order valence-corrected chi connectivity index (χ2v) is 5.68. The van der Waals surface area contributed by atoms with Crippen molar-refractivity contribution in [3.63, 3.8) is 0 Å². The van der Waals surface area contributed by atoms with E-state index in [-0.39, 0.29) is 17.0 Å². The molecule has 1 aromatic heterocycles. The first kappa shape index (κ1) is 15.0. The molecule has 0 unspecified atom stereocenters. The molecule has 0 atom stereocenters. The van der Waals surface area contributed by atoms with Gasteiger partial charge in [-0.05, 0) is 30.4 Å². The van der Waals surface area contributed by atoms with E-state index in [1.807, 2.05) is 0 Å². The highest BCUT2D eigenvalue weighted by atomic mass is 35.5. The molecule has 0 aliphatic carbocycles. The van der Waals surface area contributed by atoms with Crippen LogP contribution in [0.25, 0.3) is 0 Å². The number of anilines is 1. The van der Waals surface area contributed by atoms with Crippen molar-refractivity contribution < 1.29 is 9.53 Å². The molecule has 2 heterocycles. The molecule has 0 spiro atoms. The van der Waals surface area contributed by atoms with Crippen LogP contribution in [0.4, 0.5) is 5.82 Å². The highest BCUT2D eigenvalue weighted by Gasteiger charge is 2.28. The fraction of sp³-hybridized carbons (Fsp3) is 0.538. The zero-order valence-electron chi connectivity index (χ0n) is 11.4. The molecule has 1 aliphatic rings. The van der Waals surface area contributed by atoms with Gasteiger partial charge in [0.15, 0.2) is 0 Å². The Morgan fingerprint density at radius 3 is 2.85 bits per heavy atom. The van der Waals surface area contributed by atoms with Crippen LogP contribution in [0.3, 0.4) is 0 Å². The van der Waals surface area contributed by atoms with Gasteiger partial charge in [0.25, 0.3) is 5.91 Å². The molecule has 1 fully saturated rings. The number of pyridine rings is 1. The summed E-state index contributed by atoms with van der Waals surface area (Å²) in [6.45, 7) is 4.19. The minimum Gasteiger partial charge on any atom is -0.381 e. The SMILES string of the molecule is CC1(CNC(=O)c2nc(NN)ccc2Cl)CCOCC1. The first-order valence-electron chi connectivity index (χ1n) is 6.53. The summed E-state index contributed by atoms with van der Waals surface area (Å²) in [6, 6.07) is 3.20. The Labute approximate surface area is 123 Å². The minimum absolute atomic E-state index is 0.0596. The number of hydrogen-bond acceptors (Lipinski definition) is 5. The second-order valence-electron chi connectivity index (χ2n) is 5.28. The van der Waals surface area contributed by atoms with Gasteiger partial charge in [-0.15, -0.1) is 0 Å². The molecule has 110 valence electrons. The number of aromatic nitrogens is 1. The summed E-state index contributed by atoms with van der Waals surface area (Å²) in [6.07, 6.45) is 1.86. The molecule has 0 saturated carbocycles. The monoisotopic (exact) mass is 298 g/mol. The highest BCUT2D eigenvalue weighted by molar-refractivity contribution is 6.33. The van der Waals surface area contributed by atoms with E-state index >= 15 is 0 Å².